The zero-order valence-corrected chi connectivity index (χ0v) is 16.3. The Bertz CT molecular complexity index is 836. The molecule has 1 N–H and O–H groups in total. The third-order valence-electron chi connectivity index (χ3n) is 5.60. The minimum atomic E-state index is -0.408. The van der Waals surface area contributed by atoms with Crippen molar-refractivity contribution in [3.63, 3.8) is 0 Å². The van der Waals surface area contributed by atoms with Crippen molar-refractivity contribution in [2.75, 3.05) is 13.6 Å². The number of nitrogens with zero attached hydrogens (tertiary/aromatic N) is 1. The van der Waals surface area contributed by atoms with E-state index in [9.17, 15) is 9.59 Å². The molecule has 4 rings (SSSR count). The van der Waals surface area contributed by atoms with Gasteiger partial charge >= 0.3 is 0 Å². The van der Waals surface area contributed by atoms with Crippen molar-refractivity contribution in [1.82, 2.24) is 10.2 Å². The van der Waals surface area contributed by atoms with Crippen LogP contribution in [0.15, 0.2) is 41.1 Å². The smallest absolute Gasteiger partial charge is 0.224 e. The van der Waals surface area contributed by atoms with Crippen LogP contribution in [0.2, 0.25) is 0 Å². The van der Waals surface area contributed by atoms with E-state index < -0.39 is 5.60 Å². The topological polar surface area (TPSA) is 58.6 Å². The largest absolute Gasteiger partial charge is 0.487 e. The predicted molar refractivity (Wildman–Crippen MR) is 105 cm³/mol. The van der Waals surface area contributed by atoms with Gasteiger partial charge in [-0.15, -0.1) is 0 Å². The van der Waals surface area contributed by atoms with Crippen molar-refractivity contribution in [1.29, 1.82) is 0 Å². The molecular weight excluding hydrogens is 360 g/mol. The number of hydrogen-bond donors (Lipinski definition) is 1. The summed E-state index contributed by atoms with van der Waals surface area (Å²) in [7, 11) is 1.85. The Balaban J connectivity index is 1.56. The number of benzene rings is 1. The zero-order valence-electron chi connectivity index (χ0n) is 15.4. The maximum atomic E-state index is 12.6. The monoisotopic (exact) mass is 384 g/mol. The highest BCUT2D eigenvalue weighted by Crippen LogP contribution is 2.44. The quantitative estimate of drug-likeness (QED) is 0.883. The fourth-order valence-electron chi connectivity index (χ4n) is 4.02. The zero-order chi connectivity index (χ0) is 18.9. The molecule has 1 spiro atoms. The summed E-state index contributed by atoms with van der Waals surface area (Å²) in [6.45, 7) is 0.677. The Morgan fingerprint density at radius 2 is 2.19 bits per heavy atom. The molecule has 1 aromatic heterocycles. The maximum Gasteiger partial charge on any atom is 0.224 e. The lowest BCUT2D eigenvalue weighted by Gasteiger charge is -2.42. The van der Waals surface area contributed by atoms with Gasteiger partial charge in [0.15, 0.2) is 0 Å². The molecule has 2 atom stereocenters. The van der Waals surface area contributed by atoms with Crippen LogP contribution in [0.3, 0.4) is 0 Å². The highest BCUT2D eigenvalue weighted by molar-refractivity contribution is 7.08. The van der Waals surface area contributed by atoms with E-state index >= 15 is 0 Å². The van der Waals surface area contributed by atoms with Gasteiger partial charge < -0.3 is 15.0 Å². The van der Waals surface area contributed by atoms with Crippen molar-refractivity contribution in [3.05, 3.63) is 52.2 Å². The number of nitrogens with one attached hydrogen (secondary N) is 1. The first-order chi connectivity index (χ1) is 13.0. The summed E-state index contributed by atoms with van der Waals surface area (Å²) in [6, 6.07) is 9.80. The molecule has 2 amide bonds. The molecule has 1 aromatic carbocycles. The van der Waals surface area contributed by atoms with Crippen LogP contribution < -0.4 is 10.1 Å². The van der Waals surface area contributed by atoms with Gasteiger partial charge in [0.05, 0.1) is 12.5 Å². The molecule has 0 radical (unpaired) electrons. The number of carbonyl (C=O) groups excluding carboxylic acids is 2. The highest BCUT2D eigenvalue weighted by Gasteiger charge is 2.43. The van der Waals surface area contributed by atoms with E-state index in [-0.39, 0.29) is 17.9 Å². The van der Waals surface area contributed by atoms with Crippen LogP contribution in [0.25, 0.3) is 0 Å². The van der Waals surface area contributed by atoms with Crippen LogP contribution in [-0.2, 0) is 16.0 Å². The van der Waals surface area contributed by atoms with Crippen molar-refractivity contribution < 1.29 is 14.3 Å². The van der Waals surface area contributed by atoms with Crippen LogP contribution in [0.1, 0.15) is 42.9 Å². The summed E-state index contributed by atoms with van der Waals surface area (Å²) in [5, 5.41) is 7.21. The van der Waals surface area contributed by atoms with E-state index in [1.807, 2.05) is 48.1 Å². The number of thiophene rings is 1. The molecule has 2 aliphatic rings. The van der Waals surface area contributed by atoms with Crippen LogP contribution in [0, 0.1) is 0 Å². The Labute approximate surface area is 163 Å². The number of hydrogen-bond acceptors (Lipinski definition) is 4. The molecule has 0 saturated carbocycles. The minimum absolute atomic E-state index is 0.0204. The van der Waals surface area contributed by atoms with Crippen LogP contribution in [-0.4, -0.2) is 35.9 Å². The summed E-state index contributed by atoms with van der Waals surface area (Å²) in [5.74, 6) is 1.00. The average Bonchev–Trinajstić information content (AvgIpc) is 3.12. The second kappa shape index (κ2) is 7.35. The molecule has 142 valence electrons. The SMILES string of the molecule is CN1CC[C@@]2(CCC1=O)C[C@@H](NC(=O)Cc1ccsc1)c1ccccc1O2. The van der Waals surface area contributed by atoms with E-state index in [2.05, 4.69) is 5.32 Å². The molecule has 2 aromatic rings. The lowest BCUT2D eigenvalue weighted by molar-refractivity contribution is -0.129. The summed E-state index contributed by atoms with van der Waals surface area (Å²) >= 11 is 1.60. The summed E-state index contributed by atoms with van der Waals surface area (Å²) in [5.41, 5.74) is 1.65. The Morgan fingerprint density at radius 3 is 3.00 bits per heavy atom. The molecule has 1 fully saturated rings. The van der Waals surface area contributed by atoms with Crippen LogP contribution >= 0.6 is 11.3 Å². The highest BCUT2D eigenvalue weighted by atomic mass is 32.1. The van der Waals surface area contributed by atoms with E-state index in [1.54, 1.807) is 16.2 Å². The first-order valence-corrected chi connectivity index (χ1v) is 10.3. The van der Waals surface area contributed by atoms with Crippen molar-refractivity contribution >= 4 is 23.2 Å². The molecule has 2 aliphatic heterocycles. The van der Waals surface area contributed by atoms with Gasteiger partial charge in [-0.3, -0.25) is 9.59 Å². The molecule has 0 bridgehead atoms. The third kappa shape index (κ3) is 3.86. The van der Waals surface area contributed by atoms with E-state index in [0.29, 0.717) is 32.2 Å². The van der Waals surface area contributed by atoms with E-state index in [0.717, 1.165) is 23.3 Å². The van der Waals surface area contributed by atoms with Crippen molar-refractivity contribution in [3.8, 4) is 5.75 Å². The normalized spacial score (nSPS) is 24.9. The number of carbonyl (C=O) groups is 2. The predicted octanol–water partition coefficient (Wildman–Crippen LogP) is 3.31. The summed E-state index contributed by atoms with van der Waals surface area (Å²) < 4.78 is 6.43. The van der Waals surface area contributed by atoms with E-state index in [4.69, 9.17) is 4.74 Å². The summed E-state index contributed by atoms with van der Waals surface area (Å²) in [4.78, 5) is 26.5. The van der Waals surface area contributed by atoms with Crippen molar-refractivity contribution in [2.24, 2.45) is 0 Å². The molecular formula is C21H24N2O3S. The first kappa shape index (κ1) is 18.0. The number of ether oxygens (including phenoxy) is 1. The van der Waals surface area contributed by atoms with Gasteiger partial charge in [-0.2, -0.15) is 11.3 Å². The van der Waals surface area contributed by atoms with Gasteiger partial charge in [0.2, 0.25) is 11.8 Å². The van der Waals surface area contributed by atoms with Gasteiger partial charge in [-0.05, 0) is 34.9 Å². The fraction of sp³-hybridized carbons (Fsp3) is 0.429. The Hall–Kier alpha value is -2.34. The second-order valence-electron chi connectivity index (χ2n) is 7.52. The molecule has 0 unspecified atom stereocenters. The van der Waals surface area contributed by atoms with Gasteiger partial charge in [0.25, 0.3) is 0 Å². The molecule has 1 saturated heterocycles. The number of para-hydroxylation sites is 1. The van der Waals surface area contributed by atoms with Gasteiger partial charge in [0.1, 0.15) is 11.4 Å². The Kier molecular flexibility index (Phi) is 4.91. The number of likely N-dealkylation sites (tertiary alicyclic amines) is 1. The summed E-state index contributed by atoms with van der Waals surface area (Å²) in [6.07, 6.45) is 3.02. The van der Waals surface area contributed by atoms with Crippen LogP contribution in [0.5, 0.6) is 5.75 Å². The Morgan fingerprint density at radius 1 is 1.33 bits per heavy atom. The standard InChI is InChI=1S/C21H24N2O3S/c1-23-10-9-21(8-6-20(23)25)13-17(16-4-2-3-5-18(16)26-21)22-19(24)12-15-7-11-27-14-15/h2-5,7,11,14,17H,6,8-10,12-13H2,1H3,(H,22,24)/t17-,21+/m1/s1. The maximum absolute atomic E-state index is 12.6. The molecule has 5 nitrogen and oxygen atoms in total. The van der Waals surface area contributed by atoms with E-state index in [1.165, 1.54) is 0 Å². The van der Waals surface area contributed by atoms with Gasteiger partial charge in [-0.25, -0.2) is 0 Å². The number of fused-ring (bicyclic) bond motifs is 1. The van der Waals surface area contributed by atoms with Gasteiger partial charge in [-0.1, -0.05) is 18.2 Å². The van der Waals surface area contributed by atoms with Crippen molar-refractivity contribution in [2.45, 2.75) is 43.7 Å². The minimum Gasteiger partial charge on any atom is -0.487 e. The molecule has 27 heavy (non-hydrogen) atoms. The van der Waals surface area contributed by atoms with Crippen LogP contribution in [0.4, 0.5) is 0 Å². The first-order valence-electron chi connectivity index (χ1n) is 9.37. The van der Waals surface area contributed by atoms with Gasteiger partial charge in [0, 0.05) is 38.4 Å². The lowest BCUT2D eigenvalue weighted by atomic mass is 9.82. The average molecular weight is 385 g/mol. The molecule has 3 heterocycles. The lowest BCUT2D eigenvalue weighted by Crippen LogP contribution is -2.46. The molecule has 6 heteroatoms. The second-order valence-corrected chi connectivity index (χ2v) is 8.30. The number of rotatable bonds is 3. The molecule has 0 aliphatic carbocycles. The fourth-order valence-corrected chi connectivity index (χ4v) is 4.69. The number of amides is 2. The third-order valence-corrected chi connectivity index (χ3v) is 6.33.